The van der Waals surface area contributed by atoms with E-state index < -0.39 is 0 Å². The van der Waals surface area contributed by atoms with Crippen molar-refractivity contribution < 1.29 is 14.3 Å². The fraction of sp³-hybridized carbons (Fsp3) is 0.417. The molecule has 100 valence electrons. The average molecular weight is 273 g/mol. The van der Waals surface area contributed by atoms with Crippen LogP contribution in [0.5, 0.6) is 11.5 Å². The lowest BCUT2D eigenvalue weighted by atomic mass is 10.2. The van der Waals surface area contributed by atoms with Gasteiger partial charge >= 0.3 is 0 Å². The second-order valence-electron chi connectivity index (χ2n) is 3.80. The third-order valence-electron chi connectivity index (χ3n) is 2.72. The Morgan fingerprint density at radius 1 is 1.39 bits per heavy atom. The number of hydrogen-bond donors (Lipinski definition) is 1. The third-order valence-corrected chi connectivity index (χ3v) is 2.72. The van der Waals surface area contributed by atoms with Crippen molar-refractivity contribution >= 4 is 18.3 Å². The Morgan fingerprint density at radius 3 is 2.78 bits per heavy atom. The van der Waals surface area contributed by atoms with Gasteiger partial charge in [-0.3, -0.25) is 4.79 Å². The van der Waals surface area contributed by atoms with Crippen molar-refractivity contribution in [3.05, 3.63) is 23.8 Å². The minimum Gasteiger partial charge on any atom is -0.454 e. The van der Waals surface area contributed by atoms with Crippen LogP contribution in [0.25, 0.3) is 0 Å². The van der Waals surface area contributed by atoms with Crippen LogP contribution in [0.15, 0.2) is 18.2 Å². The van der Waals surface area contributed by atoms with Crippen LogP contribution in [0.4, 0.5) is 0 Å². The largest absolute Gasteiger partial charge is 0.454 e. The summed E-state index contributed by atoms with van der Waals surface area (Å²) in [6, 6.07) is 5.69. The van der Waals surface area contributed by atoms with Crippen molar-refractivity contribution in [2.75, 3.05) is 19.9 Å². The lowest BCUT2D eigenvalue weighted by Gasteiger charge is -2.20. The van der Waals surface area contributed by atoms with Gasteiger partial charge in [0.2, 0.25) is 12.7 Å². The van der Waals surface area contributed by atoms with Gasteiger partial charge in [-0.25, -0.2) is 0 Å². The van der Waals surface area contributed by atoms with Gasteiger partial charge in [-0.1, -0.05) is 6.07 Å². The number of amides is 1. The highest BCUT2D eigenvalue weighted by molar-refractivity contribution is 5.85. The number of rotatable bonds is 4. The van der Waals surface area contributed by atoms with Gasteiger partial charge in [0.05, 0.1) is 6.54 Å². The molecule has 1 aliphatic heterocycles. The number of fused-ring (bicyclic) bond motifs is 1. The summed E-state index contributed by atoms with van der Waals surface area (Å²) >= 11 is 0. The van der Waals surface area contributed by atoms with Gasteiger partial charge in [-0.2, -0.15) is 0 Å². The highest BCUT2D eigenvalue weighted by atomic mass is 35.5. The number of benzene rings is 1. The first-order valence-electron chi connectivity index (χ1n) is 5.61. The van der Waals surface area contributed by atoms with Crippen LogP contribution in [-0.4, -0.2) is 30.7 Å². The Bertz CT molecular complexity index is 426. The molecule has 0 aliphatic carbocycles. The number of carbonyl (C=O) groups is 1. The number of likely N-dealkylation sites (N-methyl/N-ethyl adjacent to an activating group) is 1. The van der Waals surface area contributed by atoms with Crippen LogP contribution in [0.1, 0.15) is 12.5 Å². The van der Waals surface area contributed by atoms with Gasteiger partial charge < -0.3 is 20.1 Å². The van der Waals surface area contributed by atoms with E-state index in [9.17, 15) is 4.79 Å². The van der Waals surface area contributed by atoms with Crippen molar-refractivity contribution in [3.8, 4) is 11.5 Å². The summed E-state index contributed by atoms with van der Waals surface area (Å²) in [7, 11) is 0. The monoisotopic (exact) mass is 272 g/mol. The molecule has 1 heterocycles. The van der Waals surface area contributed by atoms with Crippen molar-refractivity contribution in [1.29, 1.82) is 0 Å². The Labute approximate surface area is 112 Å². The Kier molecular flexibility index (Phi) is 5.25. The molecule has 0 saturated heterocycles. The molecule has 1 aromatic rings. The molecule has 1 aromatic carbocycles. The third kappa shape index (κ3) is 3.05. The normalized spacial score (nSPS) is 11.9. The van der Waals surface area contributed by atoms with Crippen LogP contribution >= 0.6 is 12.4 Å². The van der Waals surface area contributed by atoms with Gasteiger partial charge in [0.25, 0.3) is 0 Å². The summed E-state index contributed by atoms with van der Waals surface area (Å²) in [6.45, 7) is 3.42. The molecular weight excluding hydrogens is 256 g/mol. The van der Waals surface area contributed by atoms with E-state index in [0.717, 1.165) is 17.1 Å². The zero-order valence-electron chi connectivity index (χ0n) is 10.2. The van der Waals surface area contributed by atoms with Crippen molar-refractivity contribution in [2.45, 2.75) is 13.5 Å². The zero-order chi connectivity index (χ0) is 12.3. The number of halogens is 1. The number of hydrogen-bond acceptors (Lipinski definition) is 4. The lowest BCUT2D eigenvalue weighted by molar-refractivity contribution is -0.130. The van der Waals surface area contributed by atoms with E-state index in [1.54, 1.807) is 4.90 Å². The first-order valence-corrected chi connectivity index (χ1v) is 5.61. The smallest absolute Gasteiger partial charge is 0.236 e. The van der Waals surface area contributed by atoms with Crippen LogP contribution in [-0.2, 0) is 11.3 Å². The summed E-state index contributed by atoms with van der Waals surface area (Å²) in [5.41, 5.74) is 6.37. The minimum atomic E-state index is -0.0508. The van der Waals surface area contributed by atoms with E-state index >= 15 is 0 Å². The molecule has 0 unspecified atom stereocenters. The van der Waals surface area contributed by atoms with Gasteiger partial charge in [-0.05, 0) is 24.6 Å². The second-order valence-corrected chi connectivity index (χ2v) is 3.80. The fourth-order valence-electron chi connectivity index (χ4n) is 1.77. The Morgan fingerprint density at radius 2 is 2.11 bits per heavy atom. The highest BCUT2D eigenvalue weighted by Crippen LogP contribution is 2.32. The van der Waals surface area contributed by atoms with Gasteiger partial charge in [-0.15, -0.1) is 12.4 Å². The van der Waals surface area contributed by atoms with Gasteiger partial charge in [0, 0.05) is 13.1 Å². The van der Waals surface area contributed by atoms with Crippen molar-refractivity contribution in [3.63, 3.8) is 0 Å². The first kappa shape index (κ1) is 14.6. The number of ether oxygens (including phenoxy) is 2. The molecule has 2 rings (SSSR count). The van der Waals surface area contributed by atoms with Gasteiger partial charge in [0.15, 0.2) is 11.5 Å². The van der Waals surface area contributed by atoms with E-state index in [4.69, 9.17) is 15.2 Å². The zero-order valence-corrected chi connectivity index (χ0v) is 11.0. The van der Waals surface area contributed by atoms with Crippen LogP contribution in [0.3, 0.4) is 0 Å². The average Bonchev–Trinajstić information content (AvgIpc) is 2.82. The van der Waals surface area contributed by atoms with E-state index in [2.05, 4.69) is 0 Å². The standard InChI is InChI=1S/C12H16N2O3.ClH/c1-2-14(12(15)6-13)7-9-3-4-10-11(5-9)17-8-16-10;/h3-5H,2,6-8,13H2,1H3;1H. The van der Waals surface area contributed by atoms with E-state index in [1.807, 2.05) is 25.1 Å². The molecule has 1 aliphatic rings. The number of carbonyl (C=O) groups excluding carboxylic acids is 1. The quantitative estimate of drug-likeness (QED) is 0.893. The van der Waals surface area contributed by atoms with E-state index in [0.29, 0.717) is 13.1 Å². The SMILES string of the molecule is CCN(Cc1ccc2c(c1)OCO2)C(=O)CN.Cl. The molecule has 5 nitrogen and oxygen atoms in total. The summed E-state index contributed by atoms with van der Waals surface area (Å²) in [6.07, 6.45) is 0. The van der Waals surface area contributed by atoms with E-state index in [1.165, 1.54) is 0 Å². The molecule has 0 spiro atoms. The summed E-state index contributed by atoms with van der Waals surface area (Å²) in [4.78, 5) is 13.2. The molecule has 0 radical (unpaired) electrons. The molecule has 2 N–H and O–H groups in total. The van der Waals surface area contributed by atoms with Crippen molar-refractivity contribution in [2.24, 2.45) is 5.73 Å². The number of nitrogens with two attached hydrogens (primary N) is 1. The maximum Gasteiger partial charge on any atom is 0.236 e. The summed E-state index contributed by atoms with van der Waals surface area (Å²) in [5.74, 6) is 1.44. The second kappa shape index (κ2) is 6.47. The van der Waals surface area contributed by atoms with Crippen LogP contribution in [0, 0.1) is 0 Å². The molecule has 0 saturated carbocycles. The molecule has 18 heavy (non-hydrogen) atoms. The topological polar surface area (TPSA) is 64.8 Å². The highest BCUT2D eigenvalue weighted by Gasteiger charge is 2.15. The maximum atomic E-state index is 11.5. The predicted molar refractivity (Wildman–Crippen MR) is 70.0 cm³/mol. The maximum absolute atomic E-state index is 11.5. The molecule has 0 aromatic heterocycles. The van der Waals surface area contributed by atoms with Gasteiger partial charge in [0.1, 0.15) is 0 Å². The Hall–Kier alpha value is -1.46. The van der Waals surface area contributed by atoms with Crippen molar-refractivity contribution in [1.82, 2.24) is 4.90 Å². The van der Waals surface area contributed by atoms with E-state index in [-0.39, 0.29) is 31.7 Å². The Balaban J connectivity index is 0.00000162. The summed E-state index contributed by atoms with van der Waals surface area (Å²) in [5, 5.41) is 0. The number of nitrogens with zero attached hydrogens (tertiary/aromatic N) is 1. The summed E-state index contributed by atoms with van der Waals surface area (Å²) < 4.78 is 10.5. The fourth-order valence-corrected chi connectivity index (χ4v) is 1.77. The molecule has 0 atom stereocenters. The minimum absolute atomic E-state index is 0. The first-order chi connectivity index (χ1) is 8.24. The molecular formula is C12H17ClN2O3. The molecule has 1 amide bonds. The van der Waals surface area contributed by atoms with Crippen LogP contribution in [0.2, 0.25) is 0 Å². The lowest BCUT2D eigenvalue weighted by Crippen LogP contribution is -2.35. The molecule has 0 bridgehead atoms. The van der Waals surface area contributed by atoms with Crippen LogP contribution < -0.4 is 15.2 Å². The molecule has 6 heteroatoms. The molecule has 0 fully saturated rings. The predicted octanol–water partition coefficient (Wildman–Crippen LogP) is 1.14.